The fourth-order valence-corrected chi connectivity index (χ4v) is 1.99. The molecule has 0 spiro atoms. The van der Waals surface area contributed by atoms with E-state index >= 15 is 0 Å². The standard InChI is InChI=1S/C16H18N2O3/c1-20-10-12-5-3-4-6-14(12)18-15-8-7-11(9-13(15)17)16(19)21-2/h3-9,18H,10,17H2,1-2H3. The lowest BCUT2D eigenvalue weighted by atomic mass is 10.1. The van der Waals surface area contributed by atoms with Crippen molar-refractivity contribution in [3.8, 4) is 0 Å². The maximum atomic E-state index is 11.5. The van der Waals surface area contributed by atoms with Crippen molar-refractivity contribution < 1.29 is 14.3 Å². The first kappa shape index (κ1) is 14.9. The predicted molar refractivity (Wildman–Crippen MR) is 82.6 cm³/mol. The molecule has 0 amide bonds. The Hall–Kier alpha value is -2.53. The Balaban J connectivity index is 2.26. The Morgan fingerprint density at radius 1 is 1.14 bits per heavy atom. The van der Waals surface area contributed by atoms with Crippen LogP contribution in [0.1, 0.15) is 15.9 Å². The van der Waals surface area contributed by atoms with Gasteiger partial charge < -0.3 is 20.5 Å². The molecule has 0 aromatic heterocycles. The lowest BCUT2D eigenvalue weighted by Gasteiger charge is -2.14. The Labute approximate surface area is 123 Å². The van der Waals surface area contributed by atoms with Gasteiger partial charge in [0.1, 0.15) is 0 Å². The lowest BCUT2D eigenvalue weighted by Crippen LogP contribution is -2.04. The molecule has 0 heterocycles. The molecule has 5 heteroatoms. The maximum Gasteiger partial charge on any atom is 0.337 e. The van der Waals surface area contributed by atoms with Gasteiger partial charge in [-0.15, -0.1) is 0 Å². The van der Waals surface area contributed by atoms with Crippen LogP contribution in [-0.4, -0.2) is 20.2 Å². The molecule has 110 valence electrons. The number of para-hydroxylation sites is 1. The molecular weight excluding hydrogens is 268 g/mol. The Morgan fingerprint density at radius 2 is 1.90 bits per heavy atom. The molecule has 0 unspecified atom stereocenters. The number of rotatable bonds is 5. The van der Waals surface area contributed by atoms with Gasteiger partial charge in [-0.2, -0.15) is 0 Å². The maximum absolute atomic E-state index is 11.5. The summed E-state index contributed by atoms with van der Waals surface area (Å²) >= 11 is 0. The number of anilines is 3. The zero-order valence-electron chi connectivity index (χ0n) is 12.1. The van der Waals surface area contributed by atoms with Gasteiger partial charge in [-0.05, 0) is 24.3 Å². The van der Waals surface area contributed by atoms with Crippen LogP contribution in [0.5, 0.6) is 0 Å². The third kappa shape index (κ3) is 3.52. The second-order valence-corrected chi connectivity index (χ2v) is 4.51. The molecule has 0 aliphatic rings. The van der Waals surface area contributed by atoms with Crippen LogP contribution in [0, 0.1) is 0 Å². The smallest absolute Gasteiger partial charge is 0.337 e. The minimum absolute atomic E-state index is 0.409. The Kier molecular flexibility index (Phi) is 4.79. The van der Waals surface area contributed by atoms with E-state index in [1.54, 1.807) is 25.3 Å². The summed E-state index contributed by atoms with van der Waals surface area (Å²) in [5.74, 6) is -0.409. The first-order chi connectivity index (χ1) is 10.2. The van der Waals surface area contributed by atoms with Crippen molar-refractivity contribution in [3.05, 3.63) is 53.6 Å². The third-order valence-corrected chi connectivity index (χ3v) is 3.06. The van der Waals surface area contributed by atoms with Gasteiger partial charge in [0.15, 0.2) is 0 Å². The van der Waals surface area contributed by atoms with Crippen molar-refractivity contribution in [1.82, 2.24) is 0 Å². The number of methoxy groups -OCH3 is 2. The van der Waals surface area contributed by atoms with Gasteiger partial charge in [0.25, 0.3) is 0 Å². The summed E-state index contributed by atoms with van der Waals surface area (Å²) in [7, 11) is 2.99. The van der Waals surface area contributed by atoms with Crippen molar-refractivity contribution in [1.29, 1.82) is 0 Å². The summed E-state index contributed by atoms with van der Waals surface area (Å²) in [6.07, 6.45) is 0. The van der Waals surface area contributed by atoms with E-state index in [1.165, 1.54) is 7.11 Å². The van der Waals surface area contributed by atoms with E-state index in [0.717, 1.165) is 16.9 Å². The summed E-state index contributed by atoms with van der Waals surface area (Å²) in [5, 5.41) is 3.25. The Bertz CT molecular complexity index is 641. The van der Waals surface area contributed by atoms with Gasteiger partial charge >= 0.3 is 5.97 Å². The van der Waals surface area contributed by atoms with Gasteiger partial charge in [0.05, 0.1) is 30.7 Å². The monoisotopic (exact) mass is 286 g/mol. The number of carbonyl (C=O) groups is 1. The number of benzene rings is 2. The summed E-state index contributed by atoms with van der Waals surface area (Å²) in [4.78, 5) is 11.5. The molecule has 0 aliphatic carbocycles. The average Bonchev–Trinajstić information content (AvgIpc) is 2.50. The minimum atomic E-state index is -0.409. The van der Waals surface area contributed by atoms with Gasteiger partial charge in [0.2, 0.25) is 0 Å². The first-order valence-electron chi connectivity index (χ1n) is 6.47. The normalized spacial score (nSPS) is 10.2. The molecule has 0 saturated carbocycles. The summed E-state index contributed by atoms with van der Waals surface area (Å²) in [6.45, 7) is 0.503. The molecule has 21 heavy (non-hydrogen) atoms. The quantitative estimate of drug-likeness (QED) is 0.653. The van der Waals surface area contributed by atoms with Gasteiger partial charge in [-0.3, -0.25) is 0 Å². The molecule has 0 saturated heterocycles. The number of carbonyl (C=O) groups excluding carboxylic acids is 1. The van der Waals surface area contributed by atoms with Crippen LogP contribution in [0.3, 0.4) is 0 Å². The van der Waals surface area contributed by atoms with E-state index in [-0.39, 0.29) is 0 Å². The van der Waals surface area contributed by atoms with E-state index < -0.39 is 5.97 Å². The van der Waals surface area contributed by atoms with Crippen molar-refractivity contribution in [2.24, 2.45) is 0 Å². The molecular formula is C16H18N2O3. The zero-order chi connectivity index (χ0) is 15.2. The fourth-order valence-electron chi connectivity index (χ4n) is 1.99. The highest BCUT2D eigenvalue weighted by molar-refractivity contribution is 5.92. The van der Waals surface area contributed by atoms with Gasteiger partial charge in [-0.1, -0.05) is 18.2 Å². The van der Waals surface area contributed by atoms with Crippen LogP contribution in [0.25, 0.3) is 0 Å². The summed E-state index contributed by atoms with van der Waals surface area (Å²) in [5.41, 5.74) is 9.55. The van der Waals surface area contributed by atoms with Gasteiger partial charge in [-0.25, -0.2) is 4.79 Å². The highest BCUT2D eigenvalue weighted by Gasteiger charge is 2.09. The second-order valence-electron chi connectivity index (χ2n) is 4.51. The van der Waals surface area contributed by atoms with Crippen LogP contribution in [0.2, 0.25) is 0 Å². The minimum Gasteiger partial charge on any atom is -0.465 e. The fraction of sp³-hybridized carbons (Fsp3) is 0.188. The number of ether oxygens (including phenoxy) is 2. The molecule has 2 rings (SSSR count). The summed E-state index contributed by atoms with van der Waals surface area (Å²) in [6, 6.07) is 12.8. The molecule has 0 fully saturated rings. The van der Waals surface area contributed by atoms with E-state index in [0.29, 0.717) is 17.9 Å². The van der Waals surface area contributed by atoms with E-state index in [9.17, 15) is 4.79 Å². The highest BCUT2D eigenvalue weighted by Crippen LogP contribution is 2.26. The predicted octanol–water partition coefficient (Wildman–Crippen LogP) is 2.95. The van der Waals surface area contributed by atoms with E-state index in [2.05, 4.69) is 10.1 Å². The second kappa shape index (κ2) is 6.76. The molecule has 5 nitrogen and oxygen atoms in total. The van der Waals surface area contributed by atoms with Crippen LogP contribution >= 0.6 is 0 Å². The molecule has 0 bridgehead atoms. The SMILES string of the molecule is COCc1ccccc1Nc1ccc(C(=O)OC)cc1N. The summed E-state index contributed by atoms with van der Waals surface area (Å²) < 4.78 is 9.84. The van der Waals surface area contributed by atoms with Crippen molar-refractivity contribution in [2.75, 3.05) is 25.3 Å². The average molecular weight is 286 g/mol. The number of nitrogen functional groups attached to an aromatic ring is 1. The lowest BCUT2D eigenvalue weighted by molar-refractivity contribution is 0.0601. The molecule has 0 radical (unpaired) electrons. The molecule has 0 atom stereocenters. The van der Waals surface area contributed by atoms with Gasteiger partial charge in [0, 0.05) is 18.4 Å². The van der Waals surface area contributed by atoms with E-state index in [1.807, 2.05) is 24.3 Å². The number of nitrogens with two attached hydrogens (primary N) is 1. The number of hydrogen-bond acceptors (Lipinski definition) is 5. The molecule has 3 N–H and O–H groups in total. The zero-order valence-corrected chi connectivity index (χ0v) is 12.1. The largest absolute Gasteiger partial charge is 0.465 e. The number of nitrogens with one attached hydrogen (secondary N) is 1. The molecule has 2 aromatic rings. The van der Waals surface area contributed by atoms with Crippen LogP contribution in [0.15, 0.2) is 42.5 Å². The van der Waals surface area contributed by atoms with Crippen LogP contribution < -0.4 is 11.1 Å². The highest BCUT2D eigenvalue weighted by atomic mass is 16.5. The van der Waals surface area contributed by atoms with Crippen molar-refractivity contribution >= 4 is 23.0 Å². The number of esters is 1. The van der Waals surface area contributed by atoms with Crippen molar-refractivity contribution in [2.45, 2.75) is 6.61 Å². The third-order valence-electron chi connectivity index (χ3n) is 3.06. The number of hydrogen-bond donors (Lipinski definition) is 2. The Morgan fingerprint density at radius 3 is 2.57 bits per heavy atom. The van der Waals surface area contributed by atoms with Crippen LogP contribution in [0.4, 0.5) is 17.1 Å². The van der Waals surface area contributed by atoms with Crippen LogP contribution in [-0.2, 0) is 16.1 Å². The molecule has 0 aliphatic heterocycles. The first-order valence-corrected chi connectivity index (χ1v) is 6.47. The van der Waals surface area contributed by atoms with Crippen molar-refractivity contribution in [3.63, 3.8) is 0 Å². The van der Waals surface area contributed by atoms with E-state index in [4.69, 9.17) is 10.5 Å². The molecule has 2 aromatic carbocycles. The topological polar surface area (TPSA) is 73.6 Å².